The molecule has 0 aliphatic rings. The van der Waals surface area contributed by atoms with Crippen LogP contribution in [0.15, 0.2) is 42.7 Å². The van der Waals surface area contributed by atoms with Gasteiger partial charge in [0.05, 0.1) is 11.9 Å². The standard InChI is InChI=1S/C12H14N4O/c13-11-7-15-16(8-11)9-12(17)14-6-10-4-2-1-3-5-10/h1-5,7-8H,6,9,13H2,(H,14,17). The Labute approximate surface area is 99.2 Å². The molecule has 1 heterocycles. The molecular weight excluding hydrogens is 216 g/mol. The second-order valence-corrected chi connectivity index (χ2v) is 3.73. The highest BCUT2D eigenvalue weighted by atomic mass is 16.2. The van der Waals surface area contributed by atoms with E-state index < -0.39 is 0 Å². The number of anilines is 1. The van der Waals surface area contributed by atoms with Crippen LogP contribution in [-0.2, 0) is 17.9 Å². The normalized spacial score (nSPS) is 10.1. The molecule has 5 nitrogen and oxygen atoms in total. The maximum absolute atomic E-state index is 11.6. The van der Waals surface area contributed by atoms with Crippen molar-refractivity contribution < 1.29 is 4.79 Å². The van der Waals surface area contributed by atoms with Crippen molar-refractivity contribution in [1.82, 2.24) is 15.1 Å². The number of amides is 1. The Morgan fingerprint density at radius 1 is 1.35 bits per heavy atom. The first-order valence-corrected chi connectivity index (χ1v) is 5.32. The predicted molar refractivity (Wildman–Crippen MR) is 64.9 cm³/mol. The van der Waals surface area contributed by atoms with Gasteiger partial charge in [0.15, 0.2) is 0 Å². The summed E-state index contributed by atoms with van der Waals surface area (Å²) >= 11 is 0. The van der Waals surface area contributed by atoms with E-state index in [9.17, 15) is 4.79 Å². The lowest BCUT2D eigenvalue weighted by molar-refractivity contribution is -0.122. The molecule has 1 amide bonds. The van der Waals surface area contributed by atoms with E-state index in [1.165, 1.54) is 10.9 Å². The number of aromatic nitrogens is 2. The second kappa shape index (κ2) is 5.16. The minimum absolute atomic E-state index is 0.0862. The molecule has 0 saturated heterocycles. The number of nitrogens with zero attached hydrogens (tertiary/aromatic N) is 2. The topological polar surface area (TPSA) is 72.9 Å². The van der Waals surface area contributed by atoms with E-state index in [1.807, 2.05) is 30.3 Å². The molecule has 0 fully saturated rings. The van der Waals surface area contributed by atoms with Crippen molar-refractivity contribution in [2.75, 3.05) is 5.73 Å². The van der Waals surface area contributed by atoms with Gasteiger partial charge in [0.25, 0.3) is 0 Å². The number of nitrogen functional groups attached to an aromatic ring is 1. The summed E-state index contributed by atoms with van der Waals surface area (Å²) in [5.41, 5.74) is 7.13. The number of benzene rings is 1. The largest absolute Gasteiger partial charge is 0.396 e. The van der Waals surface area contributed by atoms with Crippen LogP contribution >= 0.6 is 0 Å². The quantitative estimate of drug-likeness (QED) is 0.815. The van der Waals surface area contributed by atoms with Crippen LogP contribution in [0, 0.1) is 0 Å². The highest BCUT2D eigenvalue weighted by Gasteiger charge is 2.03. The van der Waals surface area contributed by atoms with Gasteiger partial charge in [-0.05, 0) is 5.56 Å². The average Bonchev–Trinajstić information content (AvgIpc) is 2.73. The van der Waals surface area contributed by atoms with Crippen LogP contribution in [0.25, 0.3) is 0 Å². The first kappa shape index (κ1) is 11.2. The third-order valence-corrected chi connectivity index (χ3v) is 2.29. The number of nitrogens with two attached hydrogens (primary N) is 1. The average molecular weight is 230 g/mol. The summed E-state index contributed by atoms with van der Waals surface area (Å²) < 4.78 is 1.51. The molecule has 0 spiro atoms. The predicted octanol–water partition coefficient (Wildman–Crippen LogP) is 0.782. The van der Waals surface area contributed by atoms with E-state index in [4.69, 9.17) is 5.73 Å². The second-order valence-electron chi connectivity index (χ2n) is 3.73. The highest BCUT2D eigenvalue weighted by molar-refractivity contribution is 5.75. The zero-order valence-corrected chi connectivity index (χ0v) is 9.34. The van der Waals surface area contributed by atoms with Crippen LogP contribution < -0.4 is 11.1 Å². The van der Waals surface area contributed by atoms with Crippen molar-refractivity contribution in [3.8, 4) is 0 Å². The summed E-state index contributed by atoms with van der Waals surface area (Å²) in [6.45, 7) is 0.709. The minimum atomic E-state index is -0.0862. The van der Waals surface area contributed by atoms with Gasteiger partial charge >= 0.3 is 0 Å². The van der Waals surface area contributed by atoms with Gasteiger partial charge in [-0.15, -0.1) is 0 Å². The Bertz CT molecular complexity index is 492. The summed E-state index contributed by atoms with van der Waals surface area (Å²) in [5, 5.41) is 6.76. The number of nitrogens with one attached hydrogen (secondary N) is 1. The van der Waals surface area contributed by atoms with Crippen molar-refractivity contribution in [2.24, 2.45) is 0 Å². The van der Waals surface area contributed by atoms with Gasteiger partial charge in [-0.25, -0.2) is 0 Å². The van der Waals surface area contributed by atoms with Crippen LogP contribution in [0.5, 0.6) is 0 Å². The molecule has 5 heteroatoms. The van der Waals surface area contributed by atoms with Crippen molar-refractivity contribution >= 4 is 11.6 Å². The molecule has 0 aliphatic heterocycles. The summed E-state index contributed by atoms with van der Waals surface area (Å²) in [6, 6.07) is 9.75. The molecule has 2 rings (SSSR count). The van der Waals surface area contributed by atoms with Gasteiger partial charge in [0.1, 0.15) is 6.54 Å². The minimum Gasteiger partial charge on any atom is -0.396 e. The highest BCUT2D eigenvalue weighted by Crippen LogP contribution is 1.99. The van der Waals surface area contributed by atoms with E-state index in [1.54, 1.807) is 6.20 Å². The Hall–Kier alpha value is -2.30. The molecule has 3 N–H and O–H groups in total. The van der Waals surface area contributed by atoms with Crippen LogP contribution in [-0.4, -0.2) is 15.7 Å². The van der Waals surface area contributed by atoms with Gasteiger partial charge in [-0.1, -0.05) is 30.3 Å². The molecule has 0 unspecified atom stereocenters. The van der Waals surface area contributed by atoms with Crippen molar-refractivity contribution in [3.63, 3.8) is 0 Å². The molecule has 1 aromatic carbocycles. The van der Waals surface area contributed by atoms with E-state index in [0.29, 0.717) is 12.2 Å². The fourth-order valence-corrected chi connectivity index (χ4v) is 1.47. The molecule has 17 heavy (non-hydrogen) atoms. The van der Waals surface area contributed by atoms with Crippen molar-refractivity contribution in [1.29, 1.82) is 0 Å². The van der Waals surface area contributed by atoms with E-state index in [0.717, 1.165) is 5.56 Å². The molecule has 0 saturated carbocycles. The lowest BCUT2D eigenvalue weighted by atomic mass is 10.2. The molecule has 88 valence electrons. The van der Waals surface area contributed by atoms with E-state index >= 15 is 0 Å². The zero-order chi connectivity index (χ0) is 12.1. The third kappa shape index (κ3) is 3.34. The van der Waals surface area contributed by atoms with Crippen molar-refractivity contribution in [2.45, 2.75) is 13.1 Å². The SMILES string of the molecule is Nc1cnn(CC(=O)NCc2ccccc2)c1. The molecule has 0 bridgehead atoms. The first-order valence-electron chi connectivity index (χ1n) is 5.32. The lowest BCUT2D eigenvalue weighted by Crippen LogP contribution is -2.27. The molecule has 1 aromatic heterocycles. The van der Waals surface area contributed by atoms with Gasteiger partial charge < -0.3 is 11.1 Å². The van der Waals surface area contributed by atoms with Crippen LogP contribution in [0.2, 0.25) is 0 Å². The van der Waals surface area contributed by atoms with Crippen LogP contribution in [0.3, 0.4) is 0 Å². The number of rotatable bonds is 4. The Kier molecular flexibility index (Phi) is 3.40. The monoisotopic (exact) mass is 230 g/mol. The van der Waals surface area contributed by atoms with Gasteiger partial charge in [0, 0.05) is 12.7 Å². The maximum atomic E-state index is 11.6. The molecule has 0 aliphatic carbocycles. The molecular formula is C12H14N4O. The fourth-order valence-electron chi connectivity index (χ4n) is 1.47. The van der Waals surface area contributed by atoms with Crippen LogP contribution in [0.1, 0.15) is 5.56 Å². The van der Waals surface area contributed by atoms with Gasteiger partial charge in [0.2, 0.25) is 5.91 Å². The van der Waals surface area contributed by atoms with Crippen LogP contribution in [0.4, 0.5) is 5.69 Å². The molecule has 0 atom stereocenters. The number of hydrogen-bond donors (Lipinski definition) is 2. The summed E-state index contributed by atoms with van der Waals surface area (Å²) in [7, 11) is 0. The first-order chi connectivity index (χ1) is 8.24. The zero-order valence-electron chi connectivity index (χ0n) is 9.34. The van der Waals surface area contributed by atoms with E-state index in [2.05, 4.69) is 10.4 Å². The summed E-state index contributed by atoms with van der Waals surface area (Å²) in [5.74, 6) is -0.0862. The summed E-state index contributed by atoms with van der Waals surface area (Å²) in [6.07, 6.45) is 3.15. The van der Waals surface area contributed by atoms with Gasteiger partial charge in [-0.3, -0.25) is 9.48 Å². The Balaban J connectivity index is 1.82. The van der Waals surface area contributed by atoms with Crippen molar-refractivity contribution in [3.05, 3.63) is 48.3 Å². The third-order valence-electron chi connectivity index (χ3n) is 2.29. The Morgan fingerprint density at radius 2 is 2.12 bits per heavy atom. The lowest BCUT2D eigenvalue weighted by Gasteiger charge is -2.05. The summed E-state index contributed by atoms with van der Waals surface area (Å²) in [4.78, 5) is 11.6. The maximum Gasteiger partial charge on any atom is 0.241 e. The number of carbonyl (C=O) groups excluding carboxylic acids is 1. The molecule has 2 aromatic rings. The molecule has 0 radical (unpaired) electrons. The fraction of sp³-hybridized carbons (Fsp3) is 0.167. The smallest absolute Gasteiger partial charge is 0.241 e. The Morgan fingerprint density at radius 3 is 2.76 bits per heavy atom. The number of carbonyl (C=O) groups is 1. The van der Waals surface area contributed by atoms with E-state index in [-0.39, 0.29) is 12.5 Å². The van der Waals surface area contributed by atoms with Gasteiger partial charge in [-0.2, -0.15) is 5.10 Å². The number of hydrogen-bond acceptors (Lipinski definition) is 3.